The number of nitrogens with two attached hydrogens (primary N) is 1. The highest BCUT2D eigenvalue weighted by molar-refractivity contribution is 5.67. The zero-order valence-corrected chi connectivity index (χ0v) is 14.8. The predicted octanol–water partition coefficient (Wildman–Crippen LogP) is 3.26. The van der Waals surface area contributed by atoms with Crippen molar-refractivity contribution in [1.82, 2.24) is 9.78 Å². The Balaban J connectivity index is 1.80. The maximum absolute atomic E-state index is 9.04. The van der Waals surface area contributed by atoms with Crippen LogP contribution in [0.15, 0.2) is 54.6 Å². The third-order valence-corrected chi connectivity index (χ3v) is 4.83. The average Bonchev–Trinajstić information content (AvgIpc) is 3.29. The first-order valence-electron chi connectivity index (χ1n) is 8.82. The van der Waals surface area contributed by atoms with Gasteiger partial charge >= 0.3 is 0 Å². The van der Waals surface area contributed by atoms with Crippen molar-refractivity contribution >= 4 is 5.82 Å². The Bertz CT molecular complexity index is 948. The first-order valence-corrected chi connectivity index (χ1v) is 8.82. The van der Waals surface area contributed by atoms with Crippen molar-refractivity contribution in [3.05, 3.63) is 65.7 Å². The van der Waals surface area contributed by atoms with Crippen LogP contribution in [0.4, 0.5) is 5.82 Å². The molecule has 0 saturated carbocycles. The quantitative estimate of drug-likeness (QED) is 0.792. The second-order valence-corrected chi connectivity index (χ2v) is 6.82. The Morgan fingerprint density at radius 2 is 1.85 bits per heavy atom. The van der Waals surface area contributed by atoms with E-state index in [4.69, 9.17) is 16.1 Å². The SMILES string of the molecule is Cc1ccc(-n2nc(N3CC[C@@H](N)C3)cc2-c2ccc(C#N)cc2)cc1. The third kappa shape index (κ3) is 3.07. The van der Waals surface area contributed by atoms with Gasteiger partial charge in [0.05, 0.1) is 23.0 Å². The molecular formula is C21H21N5. The zero-order valence-electron chi connectivity index (χ0n) is 14.8. The fourth-order valence-corrected chi connectivity index (χ4v) is 3.32. The lowest BCUT2D eigenvalue weighted by Gasteiger charge is -2.13. The maximum atomic E-state index is 9.04. The molecular weight excluding hydrogens is 322 g/mol. The standard InChI is InChI=1S/C21H21N5/c1-15-2-8-19(9-3-15)26-20(17-6-4-16(13-22)5-7-17)12-21(24-26)25-11-10-18(23)14-25/h2-9,12,18H,10-11,14,23H2,1H3/t18-/m1/s1. The number of hydrogen-bond acceptors (Lipinski definition) is 4. The lowest BCUT2D eigenvalue weighted by atomic mass is 10.1. The number of benzene rings is 2. The number of aromatic nitrogens is 2. The van der Waals surface area contributed by atoms with Gasteiger partial charge in [-0.3, -0.25) is 0 Å². The first-order chi connectivity index (χ1) is 12.6. The van der Waals surface area contributed by atoms with E-state index in [1.54, 1.807) is 0 Å². The predicted molar refractivity (Wildman–Crippen MR) is 103 cm³/mol. The molecule has 2 N–H and O–H groups in total. The Hall–Kier alpha value is -3.10. The van der Waals surface area contributed by atoms with Crippen molar-refractivity contribution < 1.29 is 0 Å². The molecule has 1 atom stereocenters. The number of nitrogens with zero attached hydrogens (tertiary/aromatic N) is 4. The number of hydrogen-bond donors (Lipinski definition) is 1. The Labute approximate surface area is 153 Å². The molecule has 4 rings (SSSR count). The van der Waals surface area contributed by atoms with Crippen LogP contribution >= 0.6 is 0 Å². The molecule has 26 heavy (non-hydrogen) atoms. The fourth-order valence-electron chi connectivity index (χ4n) is 3.32. The molecule has 1 aliphatic rings. The summed E-state index contributed by atoms with van der Waals surface area (Å²) in [7, 11) is 0. The minimum Gasteiger partial charge on any atom is -0.354 e. The smallest absolute Gasteiger partial charge is 0.151 e. The minimum atomic E-state index is 0.206. The summed E-state index contributed by atoms with van der Waals surface area (Å²) in [5, 5.41) is 13.9. The molecule has 1 fully saturated rings. The van der Waals surface area contributed by atoms with E-state index < -0.39 is 0 Å². The largest absolute Gasteiger partial charge is 0.354 e. The summed E-state index contributed by atoms with van der Waals surface area (Å²) in [4.78, 5) is 2.24. The van der Waals surface area contributed by atoms with Crippen molar-refractivity contribution in [3.63, 3.8) is 0 Å². The van der Waals surface area contributed by atoms with E-state index in [0.29, 0.717) is 5.56 Å². The van der Waals surface area contributed by atoms with E-state index in [1.165, 1.54) is 5.56 Å². The molecule has 5 heteroatoms. The van der Waals surface area contributed by atoms with E-state index in [0.717, 1.165) is 42.3 Å². The topological polar surface area (TPSA) is 70.9 Å². The van der Waals surface area contributed by atoms with Gasteiger partial charge in [0.15, 0.2) is 5.82 Å². The van der Waals surface area contributed by atoms with Gasteiger partial charge in [0.2, 0.25) is 0 Å². The molecule has 1 aliphatic heterocycles. The molecule has 0 amide bonds. The molecule has 2 aromatic carbocycles. The lowest BCUT2D eigenvalue weighted by Crippen LogP contribution is -2.26. The van der Waals surface area contributed by atoms with Gasteiger partial charge in [-0.25, -0.2) is 4.68 Å². The normalized spacial score (nSPS) is 16.7. The van der Waals surface area contributed by atoms with Gasteiger partial charge in [-0.2, -0.15) is 5.26 Å². The number of anilines is 1. The first kappa shape index (κ1) is 16.4. The lowest BCUT2D eigenvalue weighted by molar-refractivity contribution is 0.750. The Morgan fingerprint density at radius 1 is 1.12 bits per heavy atom. The van der Waals surface area contributed by atoms with Gasteiger partial charge in [-0.05, 0) is 37.6 Å². The molecule has 0 unspecified atom stereocenters. The average molecular weight is 343 g/mol. The minimum absolute atomic E-state index is 0.206. The summed E-state index contributed by atoms with van der Waals surface area (Å²) in [5.74, 6) is 0.942. The van der Waals surface area contributed by atoms with Gasteiger partial charge in [0.1, 0.15) is 0 Å². The van der Waals surface area contributed by atoms with Gasteiger partial charge in [-0.15, -0.1) is 5.10 Å². The second-order valence-electron chi connectivity index (χ2n) is 6.82. The van der Waals surface area contributed by atoms with Crippen LogP contribution in [-0.4, -0.2) is 28.9 Å². The number of nitriles is 1. The summed E-state index contributed by atoms with van der Waals surface area (Å²) in [6, 6.07) is 20.4. The molecule has 0 spiro atoms. The summed E-state index contributed by atoms with van der Waals surface area (Å²) < 4.78 is 1.97. The van der Waals surface area contributed by atoms with Crippen LogP contribution in [0.1, 0.15) is 17.5 Å². The summed E-state index contributed by atoms with van der Waals surface area (Å²) in [6.07, 6.45) is 0.990. The fraction of sp³-hybridized carbons (Fsp3) is 0.238. The zero-order chi connectivity index (χ0) is 18.1. The molecule has 0 aliphatic carbocycles. The van der Waals surface area contributed by atoms with Crippen molar-refractivity contribution in [1.29, 1.82) is 5.26 Å². The van der Waals surface area contributed by atoms with Crippen LogP contribution in [0, 0.1) is 18.3 Å². The number of aryl methyl sites for hydroxylation is 1. The summed E-state index contributed by atoms with van der Waals surface area (Å²) >= 11 is 0. The van der Waals surface area contributed by atoms with E-state index in [2.05, 4.69) is 48.2 Å². The Kier molecular flexibility index (Phi) is 4.19. The highest BCUT2D eigenvalue weighted by Gasteiger charge is 2.23. The molecule has 3 aromatic rings. The molecule has 1 aromatic heterocycles. The Morgan fingerprint density at radius 3 is 2.46 bits per heavy atom. The monoisotopic (exact) mass is 343 g/mol. The van der Waals surface area contributed by atoms with Gasteiger partial charge in [0.25, 0.3) is 0 Å². The molecule has 0 bridgehead atoms. The van der Waals surface area contributed by atoms with Crippen molar-refractivity contribution in [3.8, 4) is 23.0 Å². The van der Waals surface area contributed by atoms with Crippen LogP contribution < -0.4 is 10.6 Å². The van der Waals surface area contributed by atoms with Crippen LogP contribution in [0.3, 0.4) is 0 Å². The number of rotatable bonds is 3. The van der Waals surface area contributed by atoms with Gasteiger partial charge in [0, 0.05) is 30.8 Å². The summed E-state index contributed by atoms with van der Waals surface area (Å²) in [6.45, 7) is 3.84. The second kappa shape index (κ2) is 6.66. The van der Waals surface area contributed by atoms with Crippen molar-refractivity contribution in [2.45, 2.75) is 19.4 Å². The highest BCUT2D eigenvalue weighted by Crippen LogP contribution is 2.29. The maximum Gasteiger partial charge on any atom is 0.151 e. The van der Waals surface area contributed by atoms with E-state index in [-0.39, 0.29) is 6.04 Å². The van der Waals surface area contributed by atoms with Gasteiger partial charge in [-0.1, -0.05) is 29.8 Å². The molecule has 2 heterocycles. The van der Waals surface area contributed by atoms with Gasteiger partial charge < -0.3 is 10.6 Å². The van der Waals surface area contributed by atoms with E-state index in [9.17, 15) is 0 Å². The molecule has 130 valence electrons. The molecule has 0 radical (unpaired) electrons. The van der Waals surface area contributed by atoms with E-state index >= 15 is 0 Å². The van der Waals surface area contributed by atoms with Crippen molar-refractivity contribution in [2.75, 3.05) is 18.0 Å². The van der Waals surface area contributed by atoms with Crippen LogP contribution in [0.5, 0.6) is 0 Å². The van der Waals surface area contributed by atoms with Crippen LogP contribution in [-0.2, 0) is 0 Å². The molecule has 5 nitrogen and oxygen atoms in total. The third-order valence-electron chi connectivity index (χ3n) is 4.83. The van der Waals surface area contributed by atoms with Crippen LogP contribution in [0.25, 0.3) is 16.9 Å². The van der Waals surface area contributed by atoms with Crippen molar-refractivity contribution in [2.24, 2.45) is 5.73 Å². The molecule has 1 saturated heterocycles. The van der Waals surface area contributed by atoms with Crippen LogP contribution in [0.2, 0.25) is 0 Å². The van der Waals surface area contributed by atoms with E-state index in [1.807, 2.05) is 28.9 Å². The highest BCUT2D eigenvalue weighted by atomic mass is 15.4. The summed E-state index contributed by atoms with van der Waals surface area (Å²) in [5.41, 5.74) is 11.0.